The number of piperidine rings is 1. The van der Waals surface area contributed by atoms with Gasteiger partial charge in [0.05, 0.1) is 0 Å². The minimum Gasteiger partial charge on any atom is -0.356 e. The van der Waals surface area contributed by atoms with Gasteiger partial charge in [-0.05, 0) is 72.2 Å². The Morgan fingerprint density at radius 3 is 2.56 bits per heavy atom. The number of pyridine rings is 1. The van der Waals surface area contributed by atoms with Crippen molar-refractivity contribution < 1.29 is 9.59 Å². The number of aromatic nitrogens is 1. The van der Waals surface area contributed by atoms with Crippen LogP contribution in [0.25, 0.3) is 11.1 Å². The molecule has 5 heteroatoms. The van der Waals surface area contributed by atoms with Crippen LogP contribution in [0.5, 0.6) is 0 Å². The van der Waals surface area contributed by atoms with Crippen LogP contribution in [-0.4, -0.2) is 41.8 Å². The van der Waals surface area contributed by atoms with Crippen molar-refractivity contribution in [2.24, 2.45) is 5.92 Å². The number of amides is 2. The summed E-state index contributed by atoms with van der Waals surface area (Å²) < 4.78 is 0. The predicted molar refractivity (Wildman–Crippen MR) is 126 cm³/mol. The Hall–Kier alpha value is -3.47. The molecule has 0 bridgehead atoms. The first-order valence-electron chi connectivity index (χ1n) is 11.2. The van der Waals surface area contributed by atoms with Crippen LogP contribution in [0.3, 0.4) is 0 Å². The third-order valence-electron chi connectivity index (χ3n) is 6.11. The van der Waals surface area contributed by atoms with Crippen LogP contribution in [0, 0.1) is 5.92 Å². The van der Waals surface area contributed by atoms with Crippen molar-refractivity contribution >= 4 is 11.8 Å². The first kappa shape index (κ1) is 21.8. The van der Waals surface area contributed by atoms with Gasteiger partial charge in [-0.3, -0.25) is 14.6 Å². The summed E-state index contributed by atoms with van der Waals surface area (Å²) in [5.41, 5.74) is 5.09. The number of nitrogens with one attached hydrogen (secondary N) is 1. The van der Waals surface area contributed by atoms with E-state index in [4.69, 9.17) is 0 Å². The van der Waals surface area contributed by atoms with Gasteiger partial charge in [-0.2, -0.15) is 0 Å². The van der Waals surface area contributed by atoms with Gasteiger partial charge in [0.2, 0.25) is 5.91 Å². The highest BCUT2D eigenvalue weighted by Gasteiger charge is 2.22. The zero-order valence-corrected chi connectivity index (χ0v) is 18.5. The van der Waals surface area contributed by atoms with Gasteiger partial charge in [-0.1, -0.05) is 36.4 Å². The number of nitrogens with zero attached hydrogens (tertiary/aromatic N) is 2. The van der Waals surface area contributed by atoms with Crippen molar-refractivity contribution in [3.63, 3.8) is 0 Å². The van der Waals surface area contributed by atoms with Gasteiger partial charge in [0.25, 0.3) is 5.91 Å². The lowest BCUT2D eigenvalue weighted by Gasteiger charge is -2.21. The molecule has 0 aliphatic carbocycles. The zero-order chi connectivity index (χ0) is 22.3. The largest absolute Gasteiger partial charge is 0.356 e. The summed E-state index contributed by atoms with van der Waals surface area (Å²) >= 11 is 0. The Bertz CT molecular complexity index is 1060. The second kappa shape index (κ2) is 10.2. The van der Waals surface area contributed by atoms with E-state index in [0.29, 0.717) is 12.1 Å². The van der Waals surface area contributed by atoms with Gasteiger partial charge in [0.1, 0.15) is 0 Å². The van der Waals surface area contributed by atoms with E-state index in [9.17, 15) is 9.59 Å². The molecule has 1 N–H and O–H groups in total. The zero-order valence-electron chi connectivity index (χ0n) is 18.5. The smallest absolute Gasteiger partial charge is 0.253 e. The number of hydrogen-bond donors (Lipinski definition) is 1. The fourth-order valence-corrected chi connectivity index (χ4v) is 4.15. The number of rotatable bonds is 7. The molecule has 1 aliphatic heterocycles. The highest BCUT2D eigenvalue weighted by atomic mass is 16.2. The second-order valence-electron chi connectivity index (χ2n) is 8.44. The SMILES string of the molecule is CN(CCc1ccncc1)C(=O)c1cccc(-c2ccc(C[C@@H]3CCCNC3=O)cc2)c1. The van der Waals surface area contributed by atoms with E-state index in [1.165, 1.54) is 11.1 Å². The average molecular weight is 428 g/mol. The lowest BCUT2D eigenvalue weighted by atomic mass is 9.91. The molecule has 0 spiro atoms. The van der Waals surface area contributed by atoms with E-state index in [1.807, 2.05) is 43.4 Å². The third kappa shape index (κ3) is 5.41. The normalized spacial score (nSPS) is 15.8. The number of carbonyl (C=O) groups is 2. The molecule has 2 aromatic carbocycles. The fraction of sp³-hybridized carbons (Fsp3) is 0.296. The number of carbonyl (C=O) groups excluding carboxylic acids is 2. The van der Waals surface area contributed by atoms with E-state index in [1.54, 1.807) is 17.3 Å². The molecular formula is C27H29N3O2. The fourth-order valence-electron chi connectivity index (χ4n) is 4.15. The lowest BCUT2D eigenvalue weighted by Crippen LogP contribution is -2.37. The third-order valence-corrected chi connectivity index (χ3v) is 6.11. The van der Waals surface area contributed by atoms with Gasteiger partial charge < -0.3 is 10.2 Å². The van der Waals surface area contributed by atoms with Crippen LogP contribution in [0.1, 0.15) is 34.3 Å². The number of hydrogen-bond acceptors (Lipinski definition) is 3. The van der Waals surface area contributed by atoms with Crippen LogP contribution in [0.15, 0.2) is 73.1 Å². The minimum absolute atomic E-state index is 0.0147. The van der Waals surface area contributed by atoms with Crippen molar-refractivity contribution in [1.82, 2.24) is 15.2 Å². The summed E-state index contributed by atoms with van der Waals surface area (Å²) in [6.45, 7) is 1.44. The molecule has 0 saturated carbocycles. The second-order valence-corrected chi connectivity index (χ2v) is 8.44. The molecule has 1 aliphatic rings. The van der Waals surface area contributed by atoms with Gasteiger partial charge in [-0.15, -0.1) is 0 Å². The van der Waals surface area contributed by atoms with Crippen molar-refractivity contribution in [3.05, 3.63) is 89.7 Å². The molecule has 1 aromatic heterocycles. The molecule has 164 valence electrons. The Kier molecular flexibility index (Phi) is 6.95. The summed E-state index contributed by atoms with van der Waals surface area (Å²) in [7, 11) is 1.84. The minimum atomic E-state index is 0.0147. The van der Waals surface area contributed by atoms with Crippen molar-refractivity contribution in [3.8, 4) is 11.1 Å². The first-order valence-corrected chi connectivity index (χ1v) is 11.2. The molecule has 32 heavy (non-hydrogen) atoms. The Balaban J connectivity index is 1.40. The molecule has 2 heterocycles. The van der Waals surface area contributed by atoms with Crippen LogP contribution in [0.2, 0.25) is 0 Å². The van der Waals surface area contributed by atoms with Crippen LogP contribution in [0.4, 0.5) is 0 Å². The topological polar surface area (TPSA) is 62.3 Å². The van der Waals surface area contributed by atoms with Gasteiger partial charge >= 0.3 is 0 Å². The molecule has 3 aromatic rings. The van der Waals surface area contributed by atoms with E-state index in [-0.39, 0.29) is 17.7 Å². The summed E-state index contributed by atoms with van der Waals surface area (Å²) in [6, 6.07) is 20.1. The predicted octanol–water partition coefficient (Wildman–Crippen LogP) is 4.13. The van der Waals surface area contributed by atoms with Crippen LogP contribution < -0.4 is 5.32 Å². The molecule has 1 saturated heterocycles. The van der Waals surface area contributed by atoms with E-state index in [2.05, 4.69) is 34.6 Å². The Labute approximate surface area is 189 Å². The summed E-state index contributed by atoms with van der Waals surface area (Å²) in [4.78, 5) is 30.7. The van der Waals surface area contributed by atoms with E-state index < -0.39 is 0 Å². The molecule has 1 fully saturated rings. The quantitative estimate of drug-likeness (QED) is 0.617. The number of likely N-dealkylation sites (N-methyl/N-ethyl adjacent to an activating group) is 1. The Morgan fingerprint density at radius 1 is 1.03 bits per heavy atom. The average Bonchev–Trinajstić information content (AvgIpc) is 2.84. The summed E-state index contributed by atoms with van der Waals surface area (Å²) in [5, 5.41) is 2.96. The summed E-state index contributed by atoms with van der Waals surface area (Å²) in [6.07, 6.45) is 7.11. The molecule has 2 amide bonds. The highest BCUT2D eigenvalue weighted by Crippen LogP contribution is 2.24. The monoisotopic (exact) mass is 427 g/mol. The Morgan fingerprint density at radius 2 is 1.81 bits per heavy atom. The van der Waals surface area contributed by atoms with E-state index in [0.717, 1.165) is 43.4 Å². The first-order chi connectivity index (χ1) is 15.6. The molecule has 0 radical (unpaired) electrons. The van der Waals surface area contributed by atoms with Gasteiger partial charge in [0.15, 0.2) is 0 Å². The van der Waals surface area contributed by atoms with Crippen LogP contribution >= 0.6 is 0 Å². The maximum Gasteiger partial charge on any atom is 0.253 e. The van der Waals surface area contributed by atoms with Crippen molar-refractivity contribution in [2.75, 3.05) is 20.1 Å². The highest BCUT2D eigenvalue weighted by molar-refractivity contribution is 5.95. The lowest BCUT2D eigenvalue weighted by molar-refractivity contribution is -0.126. The van der Waals surface area contributed by atoms with Gasteiger partial charge in [-0.25, -0.2) is 0 Å². The van der Waals surface area contributed by atoms with Crippen molar-refractivity contribution in [1.29, 1.82) is 0 Å². The molecule has 1 atom stereocenters. The molecular weight excluding hydrogens is 398 g/mol. The maximum absolute atomic E-state index is 12.9. The van der Waals surface area contributed by atoms with E-state index >= 15 is 0 Å². The van der Waals surface area contributed by atoms with Crippen molar-refractivity contribution in [2.45, 2.75) is 25.7 Å². The number of benzene rings is 2. The van der Waals surface area contributed by atoms with Gasteiger partial charge in [0, 0.05) is 44.0 Å². The molecule has 5 nitrogen and oxygen atoms in total. The van der Waals surface area contributed by atoms with Crippen LogP contribution in [-0.2, 0) is 17.6 Å². The molecule has 4 rings (SSSR count). The standard InChI is InChI=1S/C27H29N3O2/c1-30(17-13-20-11-15-28-16-12-20)27(32)25-5-2-4-23(19-25)22-9-7-21(8-10-22)18-24-6-3-14-29-26(24)31/h2,4-5,7-12,15-16,19,24H,3,6,13-14,17-18H2,1H3,(H,29,31)/t24-/m0/s1. The summed E-state index contributed by atoms with van der Waals surface area (Å²) in [5.74, 6) is 0.249. The maximum atomic E-state index is 12.9. The molecule has 0 unspecified atom stereocenters.